The second kappa shape index (κ2) is 10.3. The first-order chi connectivity index (χ1) is 1.73. The molecule has 0 amide bonds. The summed E-state index contributed by atoms with van der Waals surface area (Å²) in [5.41, 5.74) is 0. The van der Waals surface area contributed by atoms with E-state index >= 15 is 0 Å². The fraction of sp³-hybridized carbons (Fsp3) is 0. The Morgan fingerprint density at radius 1 is 1.67 bits per heavy atom. The van der Waals surface area contributed by atoms with Crippen LogP contribution in [-0.2, 0) is 12.6 Å². The molecule has 0 aliphatic carbocycles. The number of rotatable bonds is 0. The van der Waals surface area contributed by atoms with E-state index in [0.717, 1.165) is 0 Å². The van der Waals surface area contributed by atoms with Gasteiger partial charge < -0.3 is 22.5 Å². The van der Waals surface area contributed by atoms with Crippen molar-refractivity contribution in [3.05, 3.63) is 0 Å². The van der Waals surface area contributed by atoms with Crippen molar-refractivity contribution in [1.82, 2.24) is 0 Å². The van der Waals surface area contributed by atoms with E-state index in [1.165, 1.54) is 0 Å². The molecule has 0 saturated heterocycles. The van der Waals surface area contributed by atoms with Crippen LogP contribution in [0.25, 0.3) is 0 Å². The minimum atomic E-state index is -1.50. The number of hydrogen-bond donors (Lipinski definition) is 0. The zero-order valence-electron chi connectivity index (χ0n) is 3.72. The van der Waals surface area contributed by atoms with Gasteiger partial charge in [0.2, 0.25) is 0 Å². The standard InChI is InChI=1S/CH2O2S.K.Na/c2-1(3)4;;/h4H,(H,2,3);;/q;2*+1/p-2. The summed E-state index contributed by atoms with van der Waals surface area (Å²) in [6, 6.07) is 0. The SMILES string of the molecule is O=C([O-])[S-].[K+].[Na+]. The molecule has 6 heavy (non-hydrogen) atoms. The maximum absolute atomic E-state index is 8.70. The summed E-state index contributed by atoms with van der Waals surface area (Å²) < 4.78 is 0. The number of carboxylic acid groups (broad SMARTS) is 1. The number of hydrogen-bond acceptors (Lipinski definition) is 3. The molecule has 0 rings (SSSR count). The average Bonchev–Trinajstić information content (AvgIpc) is 0.811. The van der Waals surface area contributed by atoms with E-state index in [1.807, 2.05) is 0 Å². The maximum Gasteiger partial charge on any atom is 1.00 e. The van der Waals surface area contributed by atoms with Crippen LogP contribution in [0.15, 0.2) is 0 Å². The first kappa shape index (κ1) is 15.8. The molecule has 0 aromatic rings. The van der Waals surface area contributed by atoms with Gasteiger partial charge in [-0.15, -0.1) is 0 Å². The van der Waals surface area contributed by atoms with E-state index in [1.54, 1.807) is 0 Å². The molecule has 5 heteroatoms. The molecular weight excluding hydrogens is 138 g/mol. The molecule has 0 aliphatic heterocycles. The summed E-state index contributed by atoms with van der Waals surface area (Å²) in [4.78, 5) is 8.70. The van der Waals surface area contributed by atoms with Crippen LogP contribution in [0.3, 0.4) is 0 Å². The second-order valence-corrected chi connectivity index (χ2v) is 0.583. The first-order valence-corrected chi connectivity index (χ1v) is 1.02. The van der Waals surface area contributed by atoms with Gasteiger partial charge in [-0.3, -0.25) is 0 Å². The third-order valence-electron chi connectivity index (χ3n) is 0. The van der Waals surface area contributed by atoms with Crippen LogP contribution in [-0.4, -0.2) is 5.30 Å². The molecular formula is CKNaO2S. The molecule has 0 heterocycles. The van der Waals surface area contributed by atoms with Crippen LogP contribution in [0.5, 0.6) is 0 Å². The Kier molecular flexibility index (Phi) is 27.1. The smallest absolute Gasteiger partial charge is 0.764 e. The third kappa shape index (κ3) is 33.2. The van der Waals surface area contributed by atoms with Crippen LogP contribution >= 0.6 is 0 Å². The van der Waals surface area contributed by atoms with E-state index < -0.39 is 5.30 Å². The van der Waals surface area contributed by atoms with Crippen molar-refractivity contribution >= 4 is 17.9 Å². The fourth-order valence-corrected chi connectivity index (χ4v) is 0. The maximum atomic E-state index is 8.70. The first-order valence-electron chi connectivity index (χ1n) is 0.612. The summed E-state index contributed by atoms with van der Waals surface area (Å²) >= 11 is 3.43. The van der Waals surface area contributed by atoms with Crippen LogP contribution in [0.2, 0.25) is 0 Å². The van der Waals surface area contributed by atoms with Gasteiger partial charge in [0.25, 0.3) is 0 Å². The van der Waals surface area contributed by atoms with Crippen LogP contribution in [0.1, 0.15) is 0 Å². The van der Waals surface area contributed by atoms with Gasteiger partial charge >= 0.3 is 80.9 Å². The van der Waals surface area contributed by atoms with Gasteiger partial charge in [-0.2, -0.15) is 0 Å². The topological polar surface area (TPSA) is 40.1 Å². The zero-order valence-corrected chi connectivity index (χ0v) is 9.66. The molecule has 0 fully saturated rings. The molecule has 0 saturated carbocycles. The van der Waals surface area contributed by atoms with Crippen molar-refractivity contribution in [2.45, 2.75) is 0 Å². The third-order valence-corrected chi connectivity index (χ3v) is 0. The molecule has 0 radical (unpaired) electrons. The number of carbonyl (C=O) groups excluding carboxylic acids is 1. The van der Waals surface area contributed by atoms with Crippen molar-refractivity contribution in [2.24, 2.45) is 0 Å². The minimum absolute atomic E-state index is 0. The van der Waals surface area contributed by atoms with Gasteiger partial charge in [0.15, 0.2) is 0 Å². The Bertz CT molecular complexity index is 36.5. The van der Waals surface area contributed by atoms with Crippen LogP contribution in [0.4, 0.5) is 4.79 Å². The largest absolute Gasteiger partial charge is 1.00 e. The van der Waals surface area contributed by atoms with Gasteiger partial charge in [-0.1, -0.05) is 5.30 Å². The quantitative estimate of drug-likeness (QED) is 0.247. The molecule has 0 atom stereocenters. The molecule has 0 unspecified atom stereocenters. The van der Waals surface area contributed by atoms with Crippen molar-refractivity contribution in [1.29, 1.82) is 0 Å². The molecule has 2 nitrogen and oxygen atoms in total. The predicted molar refractivity (Wildman–Crippen MR) is 12.8 cm³/mol. The second-order valence-electron chi connectivity index (χ2n) is 0.250. The minimum Gasteiger partial charge on any atom is -0.764 e. The monoisotopic (exact) mass is 138 g/mol. The normalized spacial score (nSPS) is 4.00. The Balaban J connectivity index is -0.0000000450. The Morgan fingerprint density at radius 3 is 1.67 bits per heavy atom. The van der Waals surface area contributed by atoms with Gasteiger partial charge in [0.05, 0.1) is 0 Å². The average molecular weight is 138 g/mol. The van der Waals surface area contributed by atoms with E-state index in [0.29, 0.717) is 0 Å². The van der Waals surface area contributed by atoms with Crippen molar-refractivity contribution in [3.63, 3.8) is 0 Å². The Morgan fingerprint density at radius 2 is 1.67 bits per heavy atom. The van der Waals surface area contributed by atoms with E-state index in [4.69, 9.17) is 9.90 Å². The van der Waals surface area contributed by atoms with E-state index in [9.17, 15) is 0 Å². The van der Waals surface area contributed by atoms with Gasteiger partial charge in [0, 0.05) is 0 Å². The zero-order chi connectivity index (χ0) is 3.58. The van der Waals surface area contributed by atoms with Gasteiger partial charge in [0.1, 0.15) is 0 Å². The molecule has 0 bridgehead atoms. The molecule has 0 aromatic heterocycles. The van der Waals surface area contributed by atoms with Gasteiger partial charge in [-0.25, -0.2) is 0 Å². The summed E-state index contributed by atoms with van der Waals surface area (Å²) in [5.74, 6) is 0. The fourth-order valence-electron chi connectivity index (χ4n) is 0. The summed E-state index contributed by atoms with van der Waals surface area (Å²) in [7, 11) is 0. The predicted octanol–water partition coefficient (Wildman–Crippen LogP) is -7.12. The Hall–Kier alpha value is 2.33. The van der Waals surface area contributed by atoms with Crippen molar-refractivity contribution in [3.8, 4) is 0 Å². The van der Waals surface area contributed by atoms with E-state index in [2.05, 4.69) is 12.6 Å². The summed E-state index contributed by atoms with van der Waals surface area (Å²) in [6.07, 6.45) is 0. The Labute approximate surface area is 106 Å². The number of carbonyl (C=O) groups is 1. The molecule has 24 valence electrons. The van der Waals surface area contributed by atoms with Crippen LogP contribution in [0, 0.1) is 0 Å². The van der Waals surface area contributed by atoms with E-state index in [-0.39, 0.29) is 80.9 Å². The van der Waals surface area contributed by atoms with Crippen molar-refractivity contribution < 1.29 is 90.8 Å². The molecule has 0 N–H and O–H groups in total. The van der Waals surface area contributed by atoms with Crippen molar-refractivity contribution in [2.75, 3.05) is 0 Å². The van der Waals surface area contributed by atoms with Gasteiger partial charge in [-0.05, 0) is 0 Å². The molecule has 0 aromatic carbocycles. The summed E-state index contributed by atoms with van der Waals surface area (Å²) in [5, 5.41) is 7.20. The summed E-state index contributed by atoms with van der Waals surface area (Å²) in [6.45, 7) is 0. The van der Waals surface area contributed by atoms with Crippen LogP contribution < -0.4 is 86.0 Å². The molecule has 0 aliphatic rings. The molecule has 0 spiro atoms.